The smallest absolute Gasteiger partial charge is 0.308 e. The number of hydrogen-bond donors (Lipinski definition) is 0. The molecule has 2 unspecified atom stereocenters. The van der Waals surface area contributed by atoms with E-state index in [1.54, 1.807) is 38.1 Å². The molecule has 0 bridgehead atoms. The van der Waals surface area contributed by atoms with E-state index in [1.165, 1.54) is 0 Å². The van der Waals surface area contributed by atoms with Crippen LogP contribution in [0.1, 0.15) is 38.4 Å². The first-order valence-electron chi connectivity index (χ1n) is 9.13. The van der Waals surface area contributed by atoms with Gasteiger partial charge in [0.2, 0.25) is 6.10 Å². The SMILES string of the molecule is CC(C)(CC(=O)OC(C#N)c1cccc(Oc2ccccc2)c1)C(Cl)CC(Cl)(Cl)Cl. The molecule has 0 spiro atoms. The number of carbonyl (C=O) groups is 1. The van der Waals surface area contributed by atoms with Crippen LogP contribution >= 0.6 is 46.4 Å². The lowest BCUT2D eigenvalue weighted by molar-refractivity contribution is -0.149. The number of ether oxygens (including phenoxy) is 2. The molecule has 0 saturated carbocycles. The zero-order valence-electron chi connectivity index (χ0n) is 16.4. The van der Waals surface area contributed by atoms with Gasteiger partial charge in [0, 0.05) is 17.4 Å². The summed E-state index contributed by atoms with van der Waals surface area (Å²) in [7, 11) is 0. The maximum Gasteiger partial charge on any atom is 0.308 e. The Balaban J connectivity index is 2.05. The Hall–Kier alpha value is -1.64. The van der Waals surface area contributed by atoms with Gasteiger partial charge in [-0.1, -0.05) is 79.0 Å². The quantitative estimate of drug-likeness (QED) is 0.287. The number of hydrogen-bond acceptors (Lipinski definition) is 4. The molecule has 2 rings (SSSR count). The van der Waals surface area contributed by atoms with Crippen molar-refractivity contribution in [1.82, 2.24) is 0 Å². The molecule has 0 aliphatic carbocycles. The molecule has 30 heavy (non-hydrogen) atoms. The van der Waals surface area contributed by atoms with Crippen molar-refractivity contribution in [3.63, 3.8) is 0 Å². The molecule has 0 aromatic heterocycles. The van der Waals surface area contributed by atoms with Crippen molar-refractivity contribution < 1.29 is 14.3 Å². The van der Waals surface area contributed by atoms with Crippen LogP contribution in [0.25, 0.3) is 0 Å². The van der Waals surface area contributed by atoms with Gasteiger partial charge in [-0.15, -0.1) is 11.6 Å². The normalized spacial score (nSPS) is 13.8. The molecular formula is C22H21Cl4NO3. The second kappa shape index (κ2) is 10.6. The summed E-state index contributed by atoms with van der Waals surface area (Å²) in [6, 6.07) is 18.1. The molecule has 4 nitrogen and oxygen atoms in total. The van der Waals surface area contributed by atoms with Gasteiger partial charge in [0.25, 0.3) is 0 Å². The topological polar surface area (TPSA) is 59.3 Å². The van der Waals surface area contributed by atoms with Gasteiger partial charge < -0.3 is 9.47 Å². The largest absolute Gasteiger partial charge is 0.457 e. The highest BCUT2D eigenvalue weighted by Gasteiger charge is 2.37. The van der Waals surface area contributed by atoms with Crippen molar-refractivity contribution in [2.24, 2.45) is 5.41 Å². The van der Waals surface area contributed by atoms with Gasteiger partial charge in [-0.2, -0.15) is 5.26 Å². The van der Waals surface area contributed by atoms with Gasteiger partial charge in [-0.05, 0) is 29.7 Å². The van der Waals surface area contributed by atoms with Gasteiger partial charge in [-0.3, -0.25) is 4.79 Å². The maximum atomic E-state index is 12.5. The summed E-state index contributed by atoms with van der Waals surface area (Å²) in [6.45, 7) is 3.55. The first-order chi connectivity index (χ1) is 14.0. The maximum absolute atomic E-state index is 12.5. The van der Waals surface area contributed by atoms with Crippen LogP contribution in [0.5, 0.6) is 11.5 Å². The lowest BCUT2D eigenvalue weighted by Gasteiger charge is -2.31. The fourth-order valence-electron chi connectivity index (χ4n) is 2.67. The van der Waals surface area contributed by atoms with Gasteiger partial charge >= 0.3 is 5.97 Å². The molecule has 0 heterocycles. The number of nitrogens with zero attached hydrogens (tertiary/aromatic N) is 1. The summed E-state index contributed by atoms with van der Waals surface area (Å²) in [5.41, 5.74) is -0.207. The summed E-state index contributed by atoms with van der Waals surface area (Å²) < 4.78 is 9.64. The van der Waals surface area contributed by atoms with Crippen LogP contribution < -0.4 is 4.74 Å². The molecule has 0 aliphatic rings. The summed E-state index contributed by atoms with van der Waals surface area (Å²) >= 11 is 23.8. The molecule has 0 N–H and O–H groups in total. The van der Waals surface area contributed by atoms with Crippen LogP contribution in [0.15, 0.2) is 54.6 Å². The first kappa shape index (κ1) is 24.6. The second-order valence-corrected chi connectivity index (χ2v) is 10.5. The molecular weight excluding hydrogens is 468 g/mol. The summed E-state index contributed by atoms with van der Waals surface area (Å²) in [5.74, 6) is 0.610. The van der Waals surface area contributed by atoms with Gasteiger partial charge in [0.1, 0.15) is 17.6 Å². The van der Waals surface area contributed by atoms with Crippen LogP contribution in [0.2, 0.25) is 0 Å². The minimum Gasteiger partial charge on any atom is -0.457 e. The molecule has 0 amide bonds. The van der Waals surface area contributed by atoms with Crippen LogP contribution in [-0.2, 0) is 9.53 Å². The molecule has 2 atom stereocenters. The van der Waals surface area contributed by atoms with Crippen molar-refractivity contribution in [3.05, 3.63) is 60.2 Å². The van der Waals surface area contributed by atoms with Crippen LogP contribution in [-0.4, -0.2) is 15.1 Å². The molecule has 0 fully saturated rings. The average molecular weight is 489 g/mol. The summed E-state index contributed by atoms with van der Waals surface area (Å²) in [5, 5.41) is 8.94. The van der Waals surface area contributed by atoms with E-state index in [9.17, 15) is 10.1 Å². The third-order valence-corrected chi connectivity index (χ3v) is 5.57. The Labute approximate surface area is 196 Å². The van der Waals surface area contributed by atoms with E-state index < -0.39 is 26.7 Å². The average Bonchev–Trinajstić information content (AvgIpc) is 2.65. The molecule has 160 valence electrons. The van der Waals surface area contributed by atoms with E-state index in [2.05, 4.69) is 0 Å². The van der Waals surface area contributed by atoms with Crippen LogP contribution in [0.3, 0.4) is 0 Å². The van der Waals surface area contributed by atoms with Gasteiger partial charge in [0.05, 0.1) is 6.42 Å². The Kier molecular flexibility index (Phi) is 8.70. The number of halogens is 4. The van der Waals surface area contributed by atoms with Crippen LogP contribution in [0, 0.1) is 16.7 Å². The van der Waals surface area contributed by atoms with Crippen molar-refractivity contribution in [2.45, 2.75) is 42.0 Å². The number of esters is 1. The van der Waals surface area contributed by atoms with Crippen molar-refractivity contribution in [3.8, 4) is 17.6 Å². The summed E-state index contributed by atoms with van der Waals surface area (Å²) in [6.07, 6.45) is -1.06. The highest BCUT2D eigenvalue weighted by atomic mass is 35.6. The van der Waals surface area contributed by atoms with Crippen molar-refractivity contribution in [2.75, 3.05) is 0 Å². The monoisotopic (exact) mass is 487 g/mol. The third-order valence-electron chi connectivity index (χ3n) is 4.36. The number of nitriles is 1. The van der Waals surface area contributed by atoms with E-state index in [0.29, 0.717) is 17.1 Å². The van der Waals surface area contributed by atoms with E-state index in [-0.39, 0.29) is 12.8 Å². The molecule has 0 saturated heterocycles. The number of para-hydroxylation sites is 1. The zero-order valence-corrected chi connectivity index (χ0v) is 19.5. The molecule has 8 heteroatoms. The van der Waals surface area contributed by atoms with E-state index in [1.807, 2.05) is 36.4 Å². The predicted molar refractivity (Wildman–Crippen MR) is 120 cm³/mol. The van der Waals surface area contributed by atoms with E-state index in [0.717, 1.165) is 0 Å². The molecule has 2 aromatic carbocycles. The van der Waals surface area contributed by atoms with Crippen molar-refractivity contribution >= 4 is 52.4 Å². The lowest BCUT2D eigenvalue weighted by Crippen LogP contribution is -2.32. The van der Waals surface area contributed by atoms with Gasteiger partial charge in [-0.25, -0.2) is 0 Å². The van der Waals surface area contributed by atoms with Crippen LogP contribution in [0.4, 0.5) is 0 Å². The van der Waals surface area contributed by atoms with Gasteiger partial charge in [0.15, 0.2) is 3.79 Å². The number of carbonyl (C=O) groups excluding carboxylic acids is 1. The molecule has 0 aliphatic heterocycles. The number of alkyl halides is 4. The Bertz CT molecular complexity index is 891. The lowest BCUT2D eigenvalue weighted by atomic mass is 9.84. The third kappa shape index (κ3) is 7.89. The minimum atomic E-state index is -1.53. The summed E-state index contributed by atoms with van der Waals surface area (Å²) in [4.78, 5) is 12.5. The van der Waals surface area contributed by atoms with E-state index >= 15 is 0 Å². The first-order valence-corrected chi connectivity index (χ1v) is 10.7. The Morgan fingerprint density at radius 1 is 1.07 bits per heavy atom. The zero-order chi connectivity index (χ0) is 22.4. The minimum absolute atomic E-state index is 0.0414. The fraction of sp³-hybridized carbons (Fsp3) is 0.364. The number of benzene rings is 2. The highest BCUT2D eigenvalue weighted by Crippen LogP contribution is 2.41. The van der Waals surface area contributed by atoms with Crippen molar-refractivity contribution in [1.29, 1.82) is 5.26 Å². The Morgan fingerprint density at radius 3 is 2.30 bits per heavy atom. The highest BCUT2D eigenvalue weighted by molar-refractivity contribution is 6.67. The standard InChI is InChI=1S/C22H21Cl4NO3/c1-21(2,19(23)12-22(24,25)26)13-20(28)30-18(14-27)15-7-6-10-17(11-15)29-16-8-4-3-5-9-16/h3-11,18-19H,12-13H2,1-2H3. The molecule has 2 aromatic rings. The Morgan fingerprint density at radius 2 is 1.70 bits per heavy atom. The predicted octanol–water partition coefficient (Wildman–Crippen LogP) is 7.37. The number of rotatable bonds is 8. The second-order valence-electron chi connectivity index (χ2n) is 7.44. The van der Waals surface area contributed by atoms with E-state index in [4.69, 9.17) is 55.9 Å². The molecule has 0 radical (unpaired) electrons. The fourth-order valence-corrected chi connectivity index (χ4v) is 3.68.